The molecule has 0 atom stereocenters. The zero-order valence-electron chi connectivity index (χ0n) is 9.40. The number of hydrogen-bond acceptors (Lipinski definition) is 2. The first-order valence-corrected chi connectivity index (χ1v) is 6.76. The van der Waals surface area contributed by atoms with Crippen LogP contribution < -0.4 is 0 Å². The highest BCUT2D eigenvalue weighted by Gasteiger charge is 2.33. The fraction of sp³-hybridized carbons (Fsp3) is 0.538. The quantitative estimate of drug-likeness (QED) is 0.680. The van der Waals surface area contributed by atoms with Crippen molar-refractivity contribution in [3.05, 3.63) is 35.9 Å². The van der Waals surface area contributed by atoms with Crippen LogP contribution in [0.25, 0.3) is 0 Å². The lowest BCUT2D eigenvalue weighted by molar-refractivity contribution is 0.0749. The summed E-state index contributed by atoms with van der Waals surface area (Å²) >= 11 is 2.37. The van der Waals surface area contributed by atoms with Crippen LogP contribution in [0, 0.1) is 5.41 Å². The Kier molecular flexibility index (Phi) is 4.21. The van der Waals surface area contributed by atoms with Gasteiger partial charge >= 0.3 is 0 Å². The van der Waals surface area contributed by atoms with E-state index in [9.17, 15) is 5.11 Å². The normalized spacial score (nSPS) is 20.9. The number of rotatable bonds is 3. The third-order valence-corrected chi connectivity index (χ3v) is 4.49. The minimum Gasteiger partial charge on any atom is -0.396 e. The molecule has 1 heterocycles. The summed E-state index contributed by atoms with van der Waals surface area (Å²) in [5.74, 6) is 0. The minimum atomic E-state index is 0.114. The van der Waals surface area contributed by atoms with Crippen LogP contribution in [0.2, 0.25) is 0 Å². The Labute approximate surface area is 111 Å². The van der Waals surface area contributed by atoms with Gasteiger partial charge in [-0.15, -0.1) is 0 Å². The van der Waals surface area contributed by atoms with E-state index >= 15 is 0 Å². The molecule has 1 N–H and O–H groups in total. The van der Waals surface area contributed by atoms with E-state index in [4.69, 9.17) is 0 Å². The van der Waals surface area contributed by atoms with Crippen LogP contribution in [0.4, 0.5) is 0 Å². The molecule has 1 aromatic carbocycles. The van der Waals surface area contributed by atoms with Gasteiger partial charge in [0.25, 0.3) is 0 Å². The van der Waals surface area contributed by atoms with Crippen molar-refractivity contribution in [3.8, 4) is 0 Å². The van der Waals surface area contributed by atoms with Crippen LogP contribution in [-0.2, 0) is 6.42 Å². The summed E-state index contributed by atoms with van der Waals surface area (Å²) in [6.45, 7) is 2.49. The van der Waals surface area contributed by atoms with Gasteiger partial charge in [-0.2, -0.15) is 0 Å². The Morgan fingerprint density at radius 1 is 1.19 bits per heavy atom. The van der Waals surface area contributed by atoms with Crippen LogP contribution in [0.3, 0.4) is 0 Å². The summed E-state index contributed by atoms with van der Waals surface area (Å²) in [6.07, 6.45) is 3.21. The molecule has 0 aliphatic carbocycles. The SMILES string of the molecule is OCC1(Cc2ccccc2)CCN(I)CC1. The van der Waals surface area contributed by atoms with Crippen LogP contribution in [0.1, 0.15) is 18.4 Å². The highest BCUT2D eigenvalue weighted by Crippen LogP contribution is 2.35. The van der Waals surface area contributed by atoms with Crippen molar-refractivity contribution in [2.75, 3.05) is 19.7 Å². The maximum atomic E-state index is 9.67. The second kappa shape index (κ2) is 5.47. The van der Waals surface area contributed by atoms with Gasteiger partial charge in [-0.1, -0.05) is 30.3 Å². The number of aliphatic hydroxyl groups is 1. The molecule has 1 aromatic rings. The molecule has 88 valence electrons. The molecule has 0 saturated carbocycles. The lowest BCUT2D eigenvalue weighted by Crippen LogP contribution is -2.39. The number of aliphatic hydroxyl groups excluding tert-OH is 1. The largest absolute Gasteiger partial charge is 0.396 e. The van der Waals surface area contributed by atoms with Gasteiger partial charge in [-0.05, 0) is 30.2 Å². The zero-order chi connectivity index (χ0) is 11.4. The van der Waals surface area contributed by atoms with E-state index in [1.54, 1.807) is 0 Å². The van der Waals surface area contributed by atoms with Gasteiger partial charge in [0.15, 0.2) is 0 Å². The Morgan fingerprint density at radius 2 is 1.81 bits per heavy atom. The van der Waals surface area contributed by atoms with Crippen molar-refractivity contribution in [2.24, 2.45) is 5.41 Å². The summed E-state index contributed by atoms with van der Waals surface area (Å²) in [4.78, 5) is 0. The maximum Gasteiger partial charge on any atom is 0.0491 e. The average molecular weight is 331 g/mol. The van der Waals surface area contributed by atoms with Crippen LogP contribution in [-0.4, -0.2) is 27.9 Å². The van der Waals surface area contributed by atoms with Gasteiger partial charge in [0.2, 0.25) is 0 Å². The molecule has 3 heteroatoms. The Morgan fingerprint density at radius 3 is 2.38 bits per heavy atom. The molecule has 1 fully saturated rings. The summed E-state index contributed by atoms with van der Waals surface area (Å²) in [5.41, 5.74) is 1.46. The number of nitrogens with zero attached hydrogens (tertiary/aromatic N) is 1. The molecular weight excluding hydrogens is 313 g/mol. The molecule has 16 heavy (non-hydrogen) atoms. The van der Waals surface area contributed by atoms with Crippen molar-refractivity contribution >= 4 is 22.9 Å². The molecular formula is C13H18INO. The summed E-state index contributed by atoms with van der Waals surface area (Å²) < 4.78 is 2.32. The molecule has 0 amide bonds. The molecule has 0 spiro atoms. The molecule has 0 bridgehead atoms. The van der Waals surface area contributed by atoms with Gasteiger partial charge in [0.05, 0.1) is 0 Å². The van der Waals surface area contributed by atoms with E-state index in [1.165, 1.54) is 5.56 Å². The average Bonchev–Trinajstić information content (AvgIpc) is 2.34. The van der Waals surface area contributed by atoms with E-state index in [0.29, 0.717) is 6.61 Å². The Bertz CT molecular complexity index is 320. The zero-order valence-corrected chi connectivity index (χ0v) is 11.6. The highest BCUT2D eigenvalue weighted by molar-refractivity contribution is 14.1. The van der Waals surface area contributed by atoms with E-state index in [-0.39, 0.29) is 5.41 Å². The first-order chi connectivity index (χ1) is 7.74. The first kappa shape index (κ1) is 12.3. The van der Waals surface area contributed by atoms with Crippen molar-refractivity contribution in [1.82, 2.24) is 3.11 Å². The topological polar surface area (TPSA) is 23.5 Å². The Hall–Kier alpha value is -0.130. The predicted octanol–water partition coefficient (Wildman–Crippen LogP) is 2.65. The van der Waals surface area contributed by atoms with Crippen LogP contribution in [0.15, 0.2) is 30.3 Å². The van der Waals surface area contributed by atoms with E-state index in [1.807, 2.05) is 6.07 Å². The van der Waals surface area contributed by atoms with Gasteiger partial charge in [0.1, 0.15) is 0 Å². The standard InChI is InChI=1S/C13H18INO/c14-15-8-6-13(11-16,7-9-15)10-12-4-2-1-3-5-12/h1-5,16H,6-11H2. The number of halogens is 1. The van der Waals surface area contributed by atoms with Gasteiger partial charge in [-0.25, -0.2) is 3.11 Å². The maximum absolute atomic E-state index is 9.67. The summed E-state index contributed by atoms with van der Waals surface area (Å²) in [7, 11) is 0. The molecule has 1 aliphatic rings. The number of hydrogen-bond donors (Lipinski definition) is 1. The smallest absolute Gasteiger partial charge is 0.0491 e. The summed E-state index contributed by atoms with van der Waals surface area (Å²) in [5, 5.41) is 9.67. The number of piperidine rings is 1. The summed E-state index contributed by atoms with van der Waals surface area (Å²) in [6, 6.07) is 10.5. The van der Waals surface area contributed by atoms with Gasteiger partial charge in [-0.3, -0.25) is 0 Å². The molecule has 1 aliphatic heterocycles. The molecule has 1 saturated heterocycles. The van der Waals surface area contributed by atoms with E-state index in [2.05, 4.69) is 50.2 Å². The molecule has 2 rings (SSSR count). The van der Waals surface area contributed by atoms with E-state index < -0.39 is 0 Å². The van der Waals surface area contributed by atoms with Crippen LogP contribution >= 0.6 is 22.9 Å². The first-order valence-electron chi connectivity index (χ1n) is 5.80. The molecule has 2 nitrogen and oxygen atoms in total. The van der Waals surface area contributed by atoms with Crippen molar-refractivity contribution < 1.29 is 5.11 Å². The lowest BCUT2D eigenvalue weighted by atomic mass is 9.75. The highest BCUT2D eigenvalue weighted by atomic mass is 127. The number of benzene rings is 1. The van der Waals surface area contributed by atoms with Crippen molar-refractivity contribution in [2.45, 2.75) is 19.3 Å². The van der Waals surface area contributed by atoms with Gasteiger partial charge < -0.3 is 5.11 Å². The van der Waals surface area contributed by atoms with Gasteiger partial charge in [0, 0.05) is 42.6 Å². The Balaban J connectivity index is 2.05. The van der Waals surface area contributed by atoms with Crippen molar-refractivity contribution in [1.29, 1.82) is 0 Å². The third kappa shape index (κ3) is 2.96. The fourth-order valence-electron chi connectivity index (χ4n) is 2.37. The van der Waals surface area contributed by atoms with E-state index in [0.717, 1.165) is 32.4 Å². The van der Waals surface area contributed by atoms with Crippen LogP contribution in [0.5, 0.6) is 0 Å². The minimum absolute atomic E-state index is 0.114. The lowest BCUT2D eigenvalue weighted by Gasteiger charge is -2.38. The molecule has 0 aromatic heterocycles. The second-order valence-electron chi connectivity index (χ2n) is 4.73. The monoisotopic (exact) mass is 331 g/mol. The molecule has 0 radical (unpaired) electrons. The third-order valence-electron chi connectivity index (χ3n) is 3.53. The second-order valence-corrected chi connectivity index (χ2v) is 6.09. The molecule has 0 unspecified atom stereocenters. The van der Waals surface area contributed by atoms with Crippen molar-refractivity contribution in [3.63, 3.8) is 0 Å². The fourth-order valence-corrected chi connectivity index (χ4v) is 2.86. The predicted molar refractivity (Wildman–Crippen MR) is 74.5 cm³/mol.